The molecule has 124 valence electrons. The summed E-state index contributed by atoms with van der Waals surface area (Å²) in [5.41, 5.74) is 2.80. The number of nitrogens with zero attached hydrogens (tertiary/aromatic N) is 1. The maximum atomic E-state index is 13.6. The molecule has 6 heteroatoms. The number of rotatable bonds is 5. The molecule has 0 saturated heterocycles. The third kappa shape index (κ3) is 3.72. The van der Waals surface area contributed by atoms with Gasteiger partial charge in [0.05, 0.1) is 16.6 Å². The highest BCUT2D eigenvalue weighted by Crippen LogP contribution is 2.36. The van der Waals surface area contributed by atoms with Gasteiger partial charge in [0.2, 0.25) is 0 Å². The van der Waals surface area contributed by atoms with Crippen molar-refractivity contribution >= 4 is 39.2 Å². The maximum Gasteiger partial charge on any atom is 0.310 e. The van der Waals surface area contributed by atoms with Crippen LogP contribution in [0, 0.1) is 19.7 Å². The molecule has 0 aliphatic heterocycles. The molecule has 0 bridgehead atoms. The molecule has 0 saturated carbocycles. The van der Waals surface area contributed by atoms with Crippen LogP contribution in [0.25, 0.3) is 0 Å². The standard InChI is InChI=1S/C18H15BrFNO3/c1-11-4-3-5-12(2)18(11)21(14(10-22)9-17(23)24)13-6-7-16(20)15(19)8-13/h3-8H,9H2,1-2H3,(H,23,24). The van der Waals surface area contributed by atoms with E-state index >= 15 is 0 Å². The summed E-state index contributed by atoms with van der Waals surface area (Å²) < 4.78 is 13.8. The van der Waals surface area contributed by atoms with Crippen LogP contribution in [0.5, 0.6) is 0 Å². The van der Waals surface area contributed by atoms with Gasteiger partial charge >= 0.3 is 5.97 Å². The van der Waals surface area contributed by atoms with Gasteiger partial charge in [-0.2, -0.15) is 0 Å². The smallest absolute Gasteiger partial charge is 0.310 e. The Morgan fingerprint density at radius 1 is 1.25 bits per heavy atom. The number of carbonyl (C=O) groups is 1. The van der Waals surface area contributed by atoms with Crippen LogP contribution in [0.4, 0.5) is 15.8 Å². The zero-order valence-corrected chi connectivity index (χ0v) is 14.7. The minimum atomic E-state index is -1.15. The molecule has 0 fully saturated rings. The van der Waals surface area contributed by atoms with Crippen LogP contribution >= 0.6 is 15.9 Å². The van der Waals surface area contributed by atoms with Gasteiger partial charge in [-0.25, -0.2) is 9.18 Å². The summed E-state index contributed by atoms with van der Waals surface area (Å²) in [6, 6.07) is 9.83. The highest BCUT2D eigenvalue weighted by molar-refractivity contribution is 9.10. The first-order chi connectivity index (χ1) is 11.3. The summed E-state index contributed by atoms with van der Waals surface area (Å²) in [4.78, 5) is 24.1. The zero-order chi connectivity index (χ0) is 17.9. The number of hydrogen-bond donors (Lipinski definition) is 1. The van der Waals surface area contributed by atoms with E-state index in [9.17, 15) is 14.0 Å². The fraction of sp³-hybridized carbons (Fsp3) is 0.167. The molecule has 1 N–H and O–H groups in total. The van der Waals surface area contributed by atoms with Crippen molar-refractivity contribution in [2.75, 3.05) is 4.90 Å². The molecule has 2 aromatic carbocycles. The van der Waals surface area contributed by atoms with Crippen molar-refractivity contribution in [1.82, 2.24) is 0 Å². The van der Waals surface area contributed by atoms with Crippen molar-refractivity contribution < 1.29 is 19.1 Å². The Kier molecular flexibility index (Phi) is 5.54. The fourth-order valence-electron chi connectivity index (χ4n) is 2.51. The number of anilines is 2. The van der Waals surface area contributed by atoms with Crippen LogP contribution in [0.3, 0.4) is 0 Å². The molecule has 0 aliphatic carbocycles. The van der Waals surface area contributed by atoms with Crippen LogP contribution in [-0.2, 0) is 9.59 Å². The predicted molar refractivity (Wildman–Crippen MR) is 93.6 cm³/mol. The number of carboxylic acid groups (broad SMARTS) is 1. The van der Waals surface area contributed by atoms with E-state index < -0.39 is 18.2 Å². The molecule has 24 heavy (non-hydrogen) atoms. The number of aliphatic carboxylic acids is 1. The summed E-state index contributed by atoms with van der Waals surface area (Å²) in [7, 11) is 0. The lowest BCUT2D eigenvalue weighted by atomic mass is 10.1. The van der Waals surface area contributed by atoms with E-state index in [0.717, 1.165) is 11.1 Å². The third-order valence-corrected chi connectivity index (χ3v) is 4.14. The lowest BCUT2D eigenvalue weighted by Gasteiger charge is -2.28. The van der Waals surface area contributed by atoms with Crippen molar-refractivity contribution in [2.24, 2.45) is 0 Å². The second-order valence-electron chi connectivity index (χ2n) is 5.29. The first-order valence-electron chi connectivity index (χ1n) is 7.12. The van der Waals surface area contributed by atoms with Crippen molar-refractivity contribution in [3.63, 3.8) is 0 Å². The summed E-state index contributed by atoms with van der Waals surface area (Å²) in [5, 5.41) is 9.10. The third-order valence-electron chi connectivity index (χ3n) is 3.53. The van der Waals surface area contributed by atoms with Crippen molar-refractivity contribution in [3.8, 4) is 0 Å². The van der Waals surface area contributed by atoms with E-state index in [0.29, 0.717) is 11.4 Å². The Morgan fingerprint density at radius 2 is 1.88 bits per heavy atom. The molecule has 0 spiro atoms. The highest BCUT2D eigenvalue weighted by Gasteiger charge is 2.22. The van der Waals surface area contributed by atoms with Crippen LogP contribution in [-0.4, -0.2) is 17.0 Å². The minimum absolute atomic E-state index is 0.0570. The minimum Gasteiger partial charge on any atom is -0.481 e. The van der Waals surface area contributed by atoms with E-state index in [1.807, 2.05) is 32.0 Å². The zero-order valence-electron chi connectivity index (χ0n) is 13.1. The van der Waals surface area contributed by atoms with Crippen LogP contribution in [0.2, 0.25) is 0 Å². The average molecular weight is 392 g/mol. The van der Waals surface area contributed by atoms with Gasteiger partial charge < -0.3 is 10.0 Å². The Morgan fingerprint density at radius 3 is 2.38 bits per heavy atom. The second-order valence-corrected chi connectivity index (χ2v) is 6.15. The molecule has 0 amide bonds. The van der Waals surface area contributed by atoms with E-state index in [-0.39, 0.29) is 10.2 Å². The number of hydrogen-bond acceptors (Lipinski definition) is 3. The number of carboxylic acids is 1. The molecule has 0 atom stereocenters. The molecule has 0 unspecified atom stereocenters. The van der Waals surface area contributed by atoms with Gasteiger partial charge in [0, 0.05) is 5.69 Å². The first kappa shape index (κ1) is 17.9. The van der Waals surface area contributed by atoms with E-state index in [4.69, 9.17) is 5.11 Å². The number of carbonyl (C=O) groups excluding carboxylic acids is 1. The van der Waals surface area contributed by atoms with E-state index in [2.05, 4.69) is 15.9 Å². The van der Waals surface area contributed by atoms with E-state index in [1.54, 1.807) is 5.94 Å². The van der Waals surface area contributed by atoms with Gasteiger partial charge in [-0.15, -0.1) is 0 Å². The Labute approximate surface area is 147 Å². The Balaban J connectivity index is 2.72. The highest BCUT2D eigenvalue weighted by atomic mass is 79.9. The average Bonchev–Trinajstić information content (AvgIpc) is 2.52. The monoisotopic (exact) mass is 391 g/mol. The normalized spacial score (nSPS) is 10.2. The first-order valence-corrected chi connectivity index (χ1v) is 7.91. The summed E-state index contributed by atoms with van der Waals surface area (Å²) in [6.45, 7) is 3.72. The van der Waals surface area contributed by atoms with E-state index in [1.165, 1.54) is 23.1 Å². The van der Waals surface area contributed by atoms with Gasteiger partial charge in [0.1, 0.15) is 17.5 Å². The SMILES string of the molecule is Cc1cccc(C)c1N(C(=C=O)CC(=O)O)c1ccc(F)c(Br)c1. The predicted octanol–water partition coefficient (Wildman–Crippen LogP) is 4.53. The molecule has 0 aliphatic rings. The molecule has 2 aromatic rings. The molecule has 4 nitrogen and oxygen atoms in total. The van der Waals surface area contributed by atoms with Crippen molar-refractivity contribution in [3.05, 3.63) is 63.5 Å². The maximum absolute atomic E-state index is 13.6. The lowest BCUT2D eigenvalue weighted by Crippen LogP contribution is -2.21. The van der Waals surface area contributed by atoms with Crippen LogP contribution in [0.15, 0.2) is 46.6 Å². The quantitative estimate of drug-likeness (QED) is 0.760. The fourth-order valence-corrected chi connectivity index (χ4v) is 2.87. The van der Waals surface area contributed by atoms with Gasteiger partial charge in [-0.1, -0.05) is 18.2 Å². The number of halogens is 2. The largest absolute Gasteiger partial charge is 0.481 e. The summed E-state index contributed by atoms with van der Waals surface area (Å²) in [6.07, 6.45) is -0.494. The number of benzene rings is 2. The van der Waals surface area contributed by atoms with Gasteiger partial charge in [-0.05, 0) is 59.1 Å². The molecule has 0 aromatic heterocycles. The van der Waals surface area contributed by atoms with Crippen molar-refractivity contribution in [2.45, 2.75) is 20.3 Å². The lowest BCUT2D eigenvalue weighted by molar-refractivity contribution is -0.136. The Bertz CT molecular complexity index is 824. The number of para-hydroxylation sites is 1. The second kappa shape index (κ2) is 7.43. The van der Waals surface area contributed by atoms with Gasteiger partial charge in [0.25, 0.3) is 0 Å². The molecule has 2 rings (SSSR count). The number of aryl methyl sites for hydroxylation is 2. The topological polar surface area (TPSA) is 57.6 Å². The van der Waals surface area contributed by atoms with Gasteiger partial charge in [-0.3, -0.25) is 4.79 Å². The van der Waals surface area contributed by atoms with Gasteiger partial charge in [0.15, 0.2) is 0 Å². The molecule has 0 radical (unpaired) electrons. The Hall–Kier alpha value is -2.43. The summed E-state index contributed by atoms with van der Waals surface area (Å²) >= 11 is 3.12. The van der Waals surface area contributed by atoms with Crippen LogP contribution in [0.1, 0.15) is 17.5 Å². The van der Waals surface area contributed by atoms with Crippen LogP contribution < -0.4 is 4.90 Å². The molecular formula is C18H15BrFNO3. The van der Waals surface area contributed by atoms with Crippen molar-refractivity contribution in [1.29, 1.82) is 0 Å². The molecule has 0 heterocycles. The summed E-state index contributed by atoms with van der Waals surface area (Å²) in [5.74, 6) is 0.125. The molecular weight excluding hydrogens is 377 g/mol.